The normalized spacial score (nSPS) is 20.7. The summed E-state index contributed by atoms with van der Waals surface area (Å²) in [4.78, 5) is 18.1. The van der Waals surface area contributed by atoms with Crippen molar-refractivity contribution in [1.29, 1.82) is 0 Å². The van der Waals surface area contributed by atoms with Crippen LogP contribution in [0.1, 0.15) is 52.5 Å². The molecule has 2 rings (SSSR count). The van der Waals surface area contributed by atoms with Crippen LogP contribution >= 0.6 is 0 Å². The summed E-state index contributed by atoms with van der Waals surface area (Å²) in [5.41, 5.74) is 0.619. The molecule has 0 aromatic heterocycles. The van der Waals surface area contributed by atoms with Crippen molar-refractivity contribution >= 4 is 5.97 Å². The van der Waals surface area contributed by atoms with E-state index in [-0.39, 0.29) is 30.1 Å². The van der Waals surface area contributed by atoms with Crippen LogP contribution in [0.2, 0.25) is 0 Å². The molecule has 1 aliphatic rings. The van der Waals surface area contributed by atoms with E-state index in [1.54, 1.807) is 5.01 Å². The standard InChI is InChI=1S/C19H29N3O4/c1-5-21(19(2,3)4)22(24)20-26-17-12-11-16(13-17)18(23)25-14-15-9-7-6-8-10-15/h6-10,16-17H,5,11-14H2,1-4H3/b22-20-/t16-,17+/m0/s1. The van der Waals surface area contributed by atoms with E-state index in [1.807, 2.05) is 58.0 Å². The molecule has 0 aliphatic heterocycles. The van der Waals surface area contributed by atoms with Crippen molar-refractivity contribution in [2.75, 3.05) is 6.54 Å². The molecule has 0 spiro atoms. The number of nitrogens with zero attached hydrogens (tertiary/aromatic N) is 3. The highest BCUT2D eigenvalue weighted by Crippen LogP contribution is 2.29. The average Bonchev–Trinajstić information content (AvgIpc) is 3.07. The molecule has 26 heavy (non-hydrogen) atoms. The van der Waals surface area contributed by atoms with Gasteiger partial charge in [0.25, 0.3) is 0 Å². The number of ether oxygens (including phenoxy) is 1. The summed E-state index contributed by atoms with van der Waals surface area (Å²) in [6, 6.07) is 9.59. The number of benzene rings is 1. The maximum absolute atomic E-state index is 12.2. The van der Waals surface area contributed by atoms with Crippen molar-refractivity contribution in [3.63, 3.8) is 0 Å². The highest BCUT2D eigenvalue weighted by atomic mass is 16.7. The van der Waals surface area contributed by atoms with Gasteiger partial charge in [-0.15, -0.1) is 5.01 Å². The fourth-order valence-corrected chi connectivity index (χ4v) is 3.10. The van der Waals surface area contributed by atoms with E-state index in [0.717, 1.165) is 5.56 Å². The first kappa shape index (κ1) is 20.0. The summed E-state index contributed by atoms with van der Waals surface area (Å²) in [5.74, 6) is -0.423. The number of carbonyl (C=O) groups is 1. The number of hydrogen-bond acceptors (Lipinski definition) is 5. The summed E-state index contributed by atoms with van der Waals surface area (Å²) in [5, 5.41) is 17.4. The Kier molecular flexibility index (Phi) is 6.83. The zero-order valence-corrected chi connectivity index (χ0v) is 16.1. The van der Waals surface area contributed by atoms with Gasteiger partial charge in [0.1, 0.15) is 12.7 Å². The van der Waals surface area contributed by atoms with Gasteiger partial charge in [0.2, 0.25) is 5.28 Å². The molecule has 7 nitrogen and oxygen atoms in total. The number of carbonyl (C=O) groups excluding carboxylic acids is 1. The van der Waals surface area contributed by atoms with Crippen molar-refractivity contribution in [2.24, 2.45) is 11.2 Å². The first-order valence-corrected chi connectivity index (χ1v) is 9.13. The molecule has 0 radical (unpaired) electrons. The van der Waals surface area contributed by atoms with Crippen LogP contribution in [0, 0.1) is 11.1 Å². The molecule has 0 saturated heterocycles. The third-order valence-electron chi connectivity index (χ3n) is 4.49. The van der Waals surface area contributed by atoms with Crippen LogP contribution in [-0.2, 0) is 21.0 Å². The van der Waals surface area contributed by atoms with Gasteiger partial charge in [-0.1, -0.05) is 30.3 Å². The molecule has 0 N–H and O–H groups in total. The highest BCUT2D eigenvalue weighted by Gasteiger charge is 2.34. The van der Waals surface area contributed by atoms with E-state index < -0.39 is 0 Å². The van der Waals surface area contributed by atoms with E-state index in [0.29, 0.717) is 30.8 Å². The van der Waals surface area contributed by atoms with E-state index >= 15 is 0 Å². The van der Waals surface area contributed by atoms with Gasteiger partial charge in [-0.25, -0.2) is 0 Å². The van der Waals surface area contributed by atoms with E-state index in [2.05, 4.69) is 5.28 Å². The Morgan fingerprint density at radius 3 is 2.62 bits per heavy atom. The van der Waals surface area contributed by atoms with Crippen LogP contribution in [0.15, 0.2) is 35.6 Å². The Morgan fingerprint density at radius 1 is 1.31 bits per heavy atom. The summed E-state index contributed by atoms with van der Waals surface area (Å²) in [6.45, 7) is 8.50. The smallest absolute Gasteiger partial charge is 0.309 e. The number of rotatable bonds is 7. The molecule has 144 valence electrons. The van der Waals surface area contributed by atoms with Crippen molar-refractivity contribution < 1.29 is 19.3 Å². The summed E-state index contributed by atoms with van der Waals surface area (Å²) < 4.78 is 5.38. The molecule has 1 aliphatic carbocycles. The molecule has 0 heterocycles. The van der Waals surface area contributed by atoms with E-state index in [4.69, 9.17) is 9.57 Å². The molecular formula is C19H29N3O4. The Labute approximate surface area is 155 Å². The monoisotopic (exact) mass is 363 g/mol. The SMILES string of the molecule is CCN(/[N+]([O-])=N/O[C@@H]1CC[C@H](C(=O)OCc2ccccc2)C1)C(C)(C)C. The van der Waals surface area contributed by atoms with Crippen molar-refractivity contribution in [2.45, 2.75) is 65.2 Å². The van der Waals surface area contributed by atoms with Crippen LogP contribution < -0.4 is 0 Å². The van der Waals surface area contributed by atoms with E-state index in [9.17, 15) is 10.0 Å². The Balaban J connectivity index is 1.80. The largest absolute Gasteiger partial charge is 0.569 e. The van der Waals surface area contributed by atoms with Gasteiger partial charge in [-0.3, -0.25) is 4.79 Å². The van der Waals surface area contributed by atoms with Crippen LogP contribution in [0.25, 0.3) is 0 Å². The molecule has 7 heteroatoms. The second kappa shape index (κ2) is 8.87. The highest BCUT2D eigenvalue weighted by molar-refractivity contribution is 5.72. The molecule has 1 fully saturated rings. The third-order valence-corrected chi connectivity index (χ3v) is 4.49. The van der Waals surface area contributed by atoms with Gasteiger partial charge in [0.15, 0.2) is 0 Å². The fourth-order valence-electron chi connectivity index (χ4n) is 3.10. The lowest BCUT2D eigenvalue weighted by molar-refractivity contribution is -0.725. The average molecular weight is 363 g/mol. The second-order valence-corrected chi connectivity index (χ2v) is 7.55. The number of esters is 1. The second-order valence-electron chi connectivity index (χ2n) is 7.55. The zero-order valence-electron chi connectivity index (χ0n) is 16.1. The molecule has 2 atom stereocenters. The van der Waals surface area contributed by atoms with Gasteiger partial charge >= 0.3 is 5.97 Å². The lowest BCUT2D eigenvalue weighted by Crippen LogP contribution is -2.45. The van der Waals surface area contributed by atoms with Crippen LogP contribution in [0.5, 0.6) is 0 Å². The maximum atomic E-state index is 12.2. The van der Waals surface area contributed by atoms with Gasteiger partial charge in [0, 0.05) is 6.42 Å². The lowest BCUT2D eigenvalue weighted by Gasteiger charge is -2.29. The molecular weight excluding hydrogens is 334 g/mol. The molecule has 1 aromatic rings. The van der Waals surface area contributed by atoms with Crippen molar-refractivity contribution in [1.82, 2.24) is 5.01 Å². The van der Waals surface area contributed by atoms with Gasteiger partial charge in [0.05, 0.1) is 23.0 Å². The molecule has 0 amide bonds. The topological polar surface area (TPSA) is 77.2 Å². The Bertz CT molecular complexity index is 613. The van der Waals surface area contributed by atoms with Crippen molar-refractivity contribution in [3.05, 3.63) is 41.1 Å². The minimum atomic E-state index is -0.344. The fraction of sp³-hybridized carbons (Fsp3) is 0.632. The van der Waals surface area contributed by atoms with Crippen LogP contribution in [-0.4, -0.2) is 34.1 Å². The lowest BCUT2D eigenvalue weighted by atomic mass is 10.1. The quantitative estimate of drug-likeness (QED) is 0.318. The predicted molar refractivity (Wildman–Crippen MR) is 96.6 cm³/mol. The summed E-state index contributed by atoms with van der Waals surface area (Å²) in [7, 11) is 0. The minimum absolute atomic E-state index is 0.205. The number of hydrogen-bond donors (Lipinski definition) is 0. The first-order valence-electron chi connectivity index (χ1n) is 9.13. The van der Waals surface area contributed by atoms with E-state index in [1.165, 1.54) is 0 Å². The van der Waals surface area contributed by atoms with Gasteiger partial charge in [-0.2, -0.15) is 0 Å². The minimum Gasteiger partial charge on any atom is -0.569 e. The predicted octanol–water partition coefficient (Wildman–Crippen LogP) is 3.83. The first-order chi connectivity index (χ1) is 12.3. The summed E-state index contributed by atoms with van der Waals surface area (Å²) >= 11 is 0. The summed E-state index contributed by atoms with van der Waals surface area (Å²) in [6.07, 6.45) is 1.65. The third kappa shape index (κ3) is 5.61. The van der Waals surface area contributed by atoms with Gasteiger partial charge in [-0.05, 0) is 46.1 Å². The van der Waals surface area contributed by atoms with Crippen LogP contribution in [0.3, 0.4) is 0 Å². The molecule has 1 aromatic carbocycles. The molecule has 1 saturated carbocycles. The Hall–Kier alpha value is -2.31. The Morgan fingerprint density at radius 2 is 2.00 bits per heavy atom. The van der Waals surface area contributed by atoms with Crippen LogP contribution in [0.4, 0.5) is 0 Å². The molecule has 0 unspecified atom stereocenters. The molecule has 0 bridgehead atoms. The zero-order chi connectivity index (χ0) is 19.2. The number of hydrazine groups is 1. The van der Waals surface area contributed by atoms with Crippen molar-refractivity contribution in [3.8, 4) is 0 Å². The maximum Gasteiger partial charge on any atom is 0.309 e. The van der Waals surface area contributed by atoms with Gasteiger partial charge < -0.3 is 14.8 Å².